The summed E-state index contributed by atoms with van der Waals surface area (Å²) in [4.78, 5) is 4.68. The van der Waals surface area contributed by atoms with Crippen LogP contribution >= 0.6 is 11.6 Å². The van der Waals surface area contributed by atoms with Gasteiger partial charge in [0.2, 0.25) is 0 Å². The maximum atomic E-state index is 12.9. The minimum Gasteiger partial charge on any atom is -0.348 e. The average molecular weight is 271 g/mol. The Kier molecular flexibility index (Phi) is 4.56. The zero-order chi connectivity index (χ0) is 13.1. The van der Waals surface area contributed by atoms with E-state index in [-0.39, 0.29) is 23.8 Å². The summed E-state index contributed by atoms with van der Waals surface area (Å²) < 4.78 is 49.8. The maximum absolute atomic E-state index is 12.9. The third-order valence-corrected chi connectivity index (χ3v) is 2.39. The van der Waals surface area contributed by atoms with Crippen molar-refractivity contribution < 1.29 is 17.6 Å². The molecule has 0 aliphatic heterocycles. The molecule has 0 radical (unpaired) electrons. The van der Waals surface area contributed by atoms with Crippen molar-refractivity contribution in [3.8, 4) is 0 Å². The fourth-order valence-electron chi connectivity index (χ4n) is 1.41. The molecule has 1 heterocycles. The van der Waals surface area contributed by atoms with E-state index in [4.69, 9.17) is 11.6 Å². The van der Waals surface area contributed by atoms with E-state index in [0.29, 0.717) is 0 Å². The Labute approximate surface area is 101 Å². The van der Waals surface area contributed by atoms with Crippen LogP contribution < -0.4 is 4.90 Å². The van der Waals surface area contributed by atoms with Crippen LogP contribution in [0.4, 0.5) is 23.4 Å². The summed E-state index contributed by atoms with van der Waals surface area (Å²) in [5, 5.41) is 0. The second-order valence-electron chi connectivity index (χ2n) is 3.40. The summed E-state index contributed by atoms with van der Waals surface area (Å²) in [5.41, 5.74) is 0.248. The molecular formula is C10H11ClF4N2. The summed E-state index contributed by atoms with van der Waals surface area (Å²) in [6.07, 6.45) is -3.46. The van der Waals surface area contributed by atoms with Gasteiger partial charge in [0.25, 0.3) is 0 Å². The lowest BCUT2D eigenvalue weighted by atomic mass is 10.2. The second kappa shape index (κ2) is 5.53. The van der Waals surface area contributed by atoms with E-state index in [9.17, 15) is 17.6 Å². The fourth-order valence-corrected chi connectivity index (χ4v) is 1.61. The van der Waals surface area contributed by atoms with Gasteiger partial charge in [-0.25, -0.2) is 9.37 Å². The molecule has 0 spiro atoms. The first-order valence-corrected chi connectivity index (χ1v) is 5.43. The third-order valence-electron chi connectivity index (χ3n) is 2.10. The first kappa shape index (κ1) is 14.0. The molecule has 0 saturated carbocycles. The lowest BCUT2D eigenvalue weighted by Crippen LogP contribution is -2.35. The number of rotatable bonds is 4. The topological polar surface area (TPSA) is 16.1 Å². The van der Waals surface area contributed by atoms with Crippen molar-refractivity contribution in [3.63, 3.8) is 0 Å². The van der Waals surface area contributed by atoms with Gasteiger partial charge in [-0.3, -0.25) is 0 Å². The second-order valence-corrected chi connectivity index (χ2v) is 3.67. The molecule has 17 heavy (non-hydrogen) atoms. The largest absolute Gasteiger partial charge is 0.405 e. The van der Waals surface area contributed by atoms with Crippen LogP contribution in [0.1, 0.15) is 12.5 Å². The molecule has 0 aliphatic carbocycles. The van der Waals surface area contributed by atoms with Crippen molar-refractivity contribution >= 4 is 17.4 Å². The minimum absolute atomic E-state index is 0.0706. The zero-order valence-corrected chi connectivity index (χ0v) is 9.82. The monoisotopic (exact) mass is 270 g/mol. The highest BCUT2D eigenvalue weighted by Crippen LogP contribution is 2.24. The van der Waals surface area contributed by atoms with Crippen molar-refractivity contribution in [3.05, 3.63) is 23.6 Å². The van der Waals surface area contributed by atoms with Crippen LogP contribution in [-0.4, -0.2) is 24.2 Å². The Morgan fingerprint density at radius 2 is 2.06 bits per heavy atom. The van der Waals surface area contributed by atoms with E-state index in [0.717, 1.165) is 17.2 Å². The highest BCUT2D eigenvalue weighted by atomic mass is 35.5. The van der Waals surface area contributed by atoms with Crippen LogP contribution in [0.25, 0.3) is 0 Å². The molecule has 2 nitrogen and oxygen atoms in total. The van der Waals surface area contributed by atoms with Crippen LogP contribution in [0.5, 0.6) is 0 Å². The maximum Gasteiger partial charge on any atom is 0.405 e. The lowest BCUT2D eigenvalue weighted by molar-refractivity contribution is -0.119. The van der Waals surface area contributed by atoms with Gasteiger partial charge in [-0.05, 0) is 13.0 Å². The summed E-state index contributed by atoms with van der Waals surface area (Å²) >= 11 is 5.56. The van der Waals surface area contributed by atoms with Crippen molar-refractivity contribution in [2.75, 3.05) is 18.0 Å². The SMILES string of the molecule is CCN(CC(F)(F)F)c1ncc(F)cc1CCl. The van der Waals surface area contributed by atoms with Gasteiger partial charge in [0.15, 0.2) is 0 Å². The van der Waals surface area contributed by atoms with E-state index in [1.165, 1.54) is 0 Å². The van der Waals surface area contributed by atoms with Crippen molar-refractivity contribution in [1.29, 1.82) is 0 Å². The van der Waals surface area contributed by atoms with Crippen LogP contribution in [0.2, 0.25) is 0 Å². The molecule has 0 aliphatic rings. The standard InChI is InChI=1S/C10H11ClF4N2/c1-2-17(6-10(13,14)15)9-7(4-11)3-8(12)5-16-9/h3,5H,2,4,6H2,1H3. The van der Waals surface area contributed by atoms with Crippen LogP contribution in [0.3, 0.4) is 0 Å². The molecular weight excluding hydrogens is 260 g/mol. The smallest absolute Gasteiger partial charge is 0.348 e. The summed E-state index contributed by atoms with van der Waals surface area (Å²) in [6, 6.07) is 1.09. The van der Waals surface area contributed by atoms with Gasteiger partial charge in [0, 0.05) is 12.1 Å². The van der Waals surface area contributed by atoms with E-state index in [2.05, 4.69) is 4.98 Å². The summed E-state index contributed by atoms with van der Waals surface area (Å²) in [6.45, 7) is 0.544. The zero-order valence-electron chi connectivity index (χ0n) is 9.06. The van der Waals surface area contributed by atoms with Gasteiger partial charge in [0.05, 0.1) is 12.1 Å². The molecule has 7 heteroatoms. The predicted molar refractivity (Wildman–Crippen MR) is 57.7 cm³/mol. The first-order chi connectivity index (χ1) is 7.87. The van der Waals surface area contributed by atoms with Crippen molar-refractivity contribution in [2.45, 2.75) is 19.0 Å². The highest BCUT2D eigenvalue weighted by molar-refractivity contribution is 6.17. The molecule has 1 aromatic heterocycles. The number of hydrogen-bond donors (Lipinski definition) is 0. The van der Waals surface area contributed by atoms with Crippen LogP contribution in [0.15, 0.2) is 12.3 Å². The molecule has 0 bridgehead atoms. The summed E-state index contributed by atoms with van der Waals surface area (Å²) in [5.74, 6) is -0.636. The molecule has 0 aromatic carbocycles. The van der Waals surface area contributed by atoms with E-state index in [1.54, 1.807) is 6.92 Å². The molecule has 0 amide bonds. The molecule has 0 fully saturated rings. The summed E-state index contributed by atoms with van der Waals surface area (Å²) in [7, 11) is 0. The number of anilines is 1. The number of alkyl halides is 4. The molecule has 0 saturated heterocycles. The predicted octanol–water partition coefficient (Wildman–Crippen LogP) is 3.35. The minimum atomic E-state index is -4.34. The normalized spacial score (nSPS) is 11.6. The van der Waals surface area contributed by atoms with Crippen LogP contribution in [-0.2, 0) is 5.88 Å². The van der Waals surface area contributed by atoms with Gasteiger partial charge in [0.1, 0.15) is 18.2 Å². The van der Waals surface area contributed by atoms with Crippen LogP contribution in [0, 0.1) is 5.82 Å². The lowest BCUT2D eigenvalue weighted by Gasteiger charge is -2.25. The first-order valence-electron chi connectivity index (χ1n) is 4.89. The number of halogens is 5. The van der Waals surface area contributed by atoms with E-state index < -0.39 is 18.5 Å². The Morgan fingerprint density at radius 3 is 2.53 bits per heavy atom. The highest BCUT2D eigenvalue weighted by Gasteiger charge is 2.31. The van der Waals surface area contributed by atoms with Gasteiger partial charge >= 0.3 is 6.18 Å². The number of nitrogens with zero attached hydrogens (tertiary/aromatic N) is 2. The van der Waals surface area contributed by atoms with Gasteiger partial charge < -0.3 is 4.90 Å². The molecule has 96 valence electrons. The Bertz CT molecular complexity index is 381. The number of pyridine rings is 1. The van der Waals surface area contributed by atoms with Gasteiger partial charge in [-0.15, -0.1) is 11.6 Å². The van der Waals surface area contributed by atoms with Crippen molar-refractivity contribution in [1.82, 2.24) is 4.98 Å². The third kappa shape index (κ3) is 4.03. The molecule has 0 atom stereocenters. The van der Waals surface area contributed by atoms with Gasteiger partial charge in [-0.1, -0.05) is 0 Å². The molecule has 1 aromatic rings. The molecule has 1 rings (SSSR count). The number of aromatic nitrogens is 1. The Balaban J connectivity index is 3.03. The van der Waals surface area contributed by atoms with Gasteiger partial charge in [-0.2, -0.15) is 13.2 Å². The average Bonchev–Trinajstić information content (AvgIpc) is 2.24. The fraction of sp³-hybridized carbons (Fsp3) is 0.500. The Hall–Kier alpha value is -1.04. The van der Waals surface area contributed by atoms with E-state index in [1.807, 2.05) is 0 Å². The molecule has 0 unspecified atom stereocenters. The number of hydrogen-bond acceptors (Lipinski definition) is 2. The van der Waals surface area contributed by atoms with Crippen molar-refractivity contribution in [2.24, 2.45) is 0 Å². The Morgan fingerprint density at radius 1 is 1.41 bits per heavy atom. The molecule has 0 N–H and O–H groups in total. The quantitative estimate of drug-likeness (QED) is 0.616. The van der Waals surface area contributed by atoms with E-state index >= 15 is 0 Å².